The van der Waals surface area contributed by atoms with Gasteiger partial charge in [-0.05, 0) is 37.8 Å². The quantitative estimate of drug-likeness (QED) is 0.929. The Morgan fingerprint density at radius 1 is 1.09 bits per heavy atom. The third kappa shape index (κ3) is 3.68. The van der Waals surface area contributed by atoms with Gasteiger partial charge >= 0.3 is 0 Å². The first kappa shape index (κ1) is 15.5. The molecule has 1 aromatic rings. The highest BCUT2D eigenvalue weighted by Crippen LogP contribution is 2.22. The van der Waals surface area contributed by atoms with Crippen LogP contribution in [0.4, 0.5) is 0 Å². The summed E-state index contributed by atoms with van der Waals surface area (Å²) in [6, 6.07) is 10.7. The van der Waals surface area contributed by atoms with Crippen molar-refractivity contribution in [2.75, 3.05) is 19.6 Å². The molecule has 1 aromatic carbocycles. The average molecular weight is 301 g/mol. The van der Waals surface area contributed by atoms with Crippen molar-refractivity contribution in [3.63, 3.8) is 0 Å². The van der Waals surface area contributed by atoms with Crippen LogP contribution in [0.15, 0.2) is 30.3 Å². The maximum absolute atomic E-state index is 12.9. The lowest BCUT2D eigenvalue weighted by molar-refractivity contribution is -0.139. The molecule has 2 aliphatic rings. The molecule has 0 aromatic heterocycles. The van der Waals surface area contributed by atoms with Gasteiger partial charge in [-0.3, -0.25) is 9.69 Å². The Morgan fingerprint density at radius 3 is 2.68 bits per heavy atom. The molecule has 1 amide bonds. The molecule has 4 nitrogen and oxygen atoms in total. The first-order valence-electron chi connectivity index (χ1n) is 8.56. The van der Waals surface area contributed by atoms with Crippen LogP contribution in [0.1, 0.15) is 37.7 Å². The summed E-state index contributed by atoms with van der Waals surface area (Å²) in [4.78, 5) is 17.3. The first-order chi connectivity index (χ1) is 10.7. The molecule has 0 saturated carbocycles. The van der Waals surface area contributed by atoms with E-state index in [1.807, 2.05) is 11.0 Å². The molecule has 0 aliphatic carbocycles. The van der Waals surface area contributed by atoms with Gasteiger partial charge in [0, 0.05) is 25.7 Å². The van der Waals surface area contributed by atoms with E-state index in [2.05, 4.69) is 29.2 Å². The van der Waals surface area contributed by atoms with E-state index < -0.39 is 0 Å². The standard InChI is InChI=1S/C18H27N3O/c19-16-9-6-12-21(14-16)18(22)17-10-4-5-11-20(17)13-15-7-2-1-3-8-15/h1-3,7-8,16-17H,4-6,9-14,19H2/t16-,17+/m0/s1. The molecule has 2 aliphatic heterocycles. The Kier molecular flexibility index (Phi) is 5.11. The Hall–Kier alpha value is -1.39. The van der Waals surface area contributed by atoms with Crippen molar-refractivity contribution in [1.82, 2.24) is 9.80 Å². The number of benzene rings is 1. The summed E-state index contributed by atoms with van der Waals surface area (Å²) in [5.41, 5.74) is 7.33. The number of amides is 1. The van der Waals surface area contributed by atoms with Crippen LogP contribution in [0.25, 0.3) is 0 Å². The van der Waals surface area contributed by atoms with E-state index in [9.17, 15) is 4.79 Å². The fraction of sp³-hybridized carbons (Fsp3) is 0.611. The summed E-state index contributed by atoms with van der Waals surface area (Å²) >= 11 is 0. The molecule has 2 N–H and O–H groups in total. The van der Waals surface area contributed by atoms with Gasteiger partial charge in [-0.1, -0.05) is 36.8 Å². The smallest absolute Gasteiger partial charge is 0.239 e. The van der Waals surface area contributed by atoms with Crippen molar-refractivity contribution in [2.45, 2.75) is 50.7 Å². The maximum Gasteiger partial charge on any atom is 0.239 e. The molecule has 0 spiro atoms. The minimum Gasteiger partial charge on any atom is -0.340 e. The molecule has 22 heavy (non-hydrogen) atoms. The Balaban J connectivity index is 1.67. The van der Waals surface area contributed by atoms with E-state index in [-0.39, 0.29) is 12.1 Å². The third-order valence-electron chi connectivity index (χ3n) is 4.90. The van der Waals surface area contributed by atoms with Crippen molar-refractivity contribution in [3.05, 3.63) is 35.9 Å². The predicted octanol–water partition coefficient (Wildman–Crippen LogP) is 1.99. The summed E-state index contributed by atoms with van der Waals surface area (Å²) in [5.74, 6) is 0.297. The molecule has 2 heterocycles. The van der Waals surface area contributed by atoms with Gasteiger partial charge in [-0.2, -0.15) is 0 Å². The van der Waals surface area contributed by atoms with Gasteiger partial charge < -0.3 is 10.6 Å². The second-order valence-corrected chi connectivity index (χ2v) is 6.65. The van der Waals surface area contributed by atoms with Crippen LogP contribution >= 0.6 is 0 Å². The molecule has 2 atom stereocenters. The van der Waals surface area contributed by atoms with Crippen LogP contribution in [0.2, 0.25) is 0 Å². The highest BCUT2D eigenvalue weighted by atomic mass is 16.2. The van der Waals surface area contributed by atoms with Crippen molar-refractivity contribution in [3.8, 4) is 0 Å². The summed E-state index contributed by atoms with van der Waals surface area (Å²) in [5, 5.41) is 0. The van der Waals surface area contributed by atoms with Gasteiger partial charge in [0.1, 0.15) is 0 Å². The Labute approximate surface area is 133 Å². The zero-order valence-electron chi connectivity index (χ0n) is 13.3. The Bertz CT molecular complexity index is 490. The number of hydrogen-bond donors (Lipinski definition) is 1. The second kappa shape index (κ2) is 7.25. The van der Waals surface area contributed by atoms with Gasteiger partial charge in [-0.25, -0.2) is 0 Å². The number of likely N-dealkylation sites (tertiary alicyclic amines) is 2. The van der Waals surface area contributed by atoms with E-state index in [1.165, 1.54) is 12.0 Å². The average Bonchev–Trinajstić information content (AvgIpc) is 2.56. The molecular formula is C18H27N3O. The van der Waals surface area contributed by atoms with Crippen molar-refractivity contribution >= 4 is 5.91 Å². The largest absolute Gasteiger partial charge is 0.340 e. The molecule has 4 heteroatoms. The number of rotatable bonds is 3. The van der Waals surface area contributed by atoms with Gasteiger partial charge in [-0.15, -0.1) is 0 Å². The fourth-order valence-corrected chi connectivity index (χ4v) is 3.70. The van der Waals surface area contributed by atoms with Crippen molar-refractivity contribution in [2.24, 2.45) is 5.73 Å². The van der Waals surface area contributed by atoms with Gasteiger partial charge in [0.15, 0.2) is 0 Å². The molecule has 0 unspecified atom stereocenters. The number of hydrogen-bond acceptors (Lipinski definition) is 3. The number of carbonyl (C=O) groups excluding carboxylic acids is 1. The SMILES string of the molecule is N[C@H]1CCCN(C(=O)[C@H]2CCCCN2Cc2ccccc2)C1. The lowest BCUT2D eigenvalue weighted by atomic mass is 9.98. The number of nitrogens with two attached hydrogens (primary N) is 1. The summed E-state index contributed by atoms with van der Waals surface area (Å²) < 4.78 is 0. The molecule has 0 radical (unpaired) electrons. The molecule has 3 rings (SSSR count). The van der Waals surface area contributed by atoms with Gasteiger partial charge in [0.05, 0.1) is 6.04 Å². The van der Waals surface area contributed by atoms with Crippen LogP contribution in [-0.2, 0) is 11.3 Å². The van der Waals surface area contributed by atoms with E-state index in [0.29, 0.717) is 5.91 Å². The summed E-state index contributed by atoms with van der Waals surface area (Å²) in [6.45, 7) is 3.50. The van der Waals surface area contributed by atoms with Gasteiger partial charge in [0.2, 0.25) is 5.91 Å². The molecule has 2 saturated heterocycles. The highest BCUT2D eigenvalue weighted by Gasteiger charge is 2.33. The normalized spacial score (nSPS) is 26.9. The highest BCUT2D eigenvalue weighted by molar-refractivity contribution is 5.82. The lowest BCUT2D eigenvalue weighted by Gasteiger charge is -2.40. The minimum atomic E-state index is 0.0410. The van der Waals surface area contributed by atoms with Crippen LogP contribution in [0, 0.1) is 0 Å². The second-order valence-electron chi connectivity index (χ2n) is 6.65. The molecule has 0 bridgehead atoms. The van der Waals surface area contributed by atoms with E-state index in [0.717, 1.165) is 51.9 Å². The Morgan fingerprint density at radius 2 is 1.91 bits per heavy atom. The number of piperidine rings is 2. The summed E-state index contributed by atoms with van der Waals surface area (Å²) in [6.07, 6.45) is 5.41. The topological polar surface area (TPSA) is 49.6 Å². The number of carbonyl (C=O) groups is 1. The van der Waals surface area contributed by atoms with Crippen molar-refractivity contribution in [1.29, 1.82) is 0 Å². The third-order valence-corrected chi connectivity index (χ3v) is 4.90. The lowest BCUT2D eigenvalue weighted by Crippen LogP contribution is -2.54. The minimum absolute atomic E-state index is 0.0410. The first-order valence-corrected chi connectivity index (χ1v) is 8.56. The zero-order chi connectivity index (χ0) is 15.4. The fourth-order valence-electron chi connectivity index (χ4n) is 3.70. The zero-order valence-corrected chi connectivity index (χ0v) is 13.3. The van der Waals surface area contributed by atoms with E-state index in [4.69, 9.17) is 5.73 Å². The maximum atomic E-state index is 12.9. The predicted molar refractivity (Wildman–Crippen MR) is 88.3 cm³/mol. The molecule has 2 fully saturated rings. The monoisotopic (exact) mass is 301 g/mol. The molecular weight excluding hydrogens is 274 g/mol. The molecule has 120 valence electrons. The summed E-state index contributed by atoms with van der Waals surface area (Å²) in [7, 11) is 0. The van der Waals surface area contributed by atoms with E-state index >= 15 is 0 Å². The van der Waals surface area contributed by atoms with Gasteiger partial charge in [0.25, 0.3) is 0 Å². The van der Waals surface area contributed by atoms with Crippen LogP contribution < -0.4 is 5.73 Å². The number of nitrogens with zero attached hydrogens (tertiary/aromatic N) is 2. The van der Waals surface area contributed by atoms with Crippen LogP contribution in [-0.4, -0.2) is 47.4 Å². The van der Waals surface area contributed by atoms with Crippen LogP contribution in [0.5, 0.6) is 0 Å². The van der Waals surface area contributed by atoms with E-state index in [1.54, 1.807) is 0 Å². The van der Waals surface area contributed by atoms with Crippen LogP contribution in [0.3, 0.4) is 0 Å². The van der Waals surface area contributed by atoms with Crippen molar-refractivity contribution < 1.29 is 4.79 Å².